The third-order valence-electron chi connectivity index (χ3n) is 2.94. The fraction of sp³-hybridized carbons (Fsp3) is 1.00. The second kappa shape index (κ2) is 5.55. The number of nitrogens with one attached hydrogen (secondary N) is 1. The maximum absolute atomic E-state index is 5.45. The molecule has 2 nitrogen and oxygen atoms in total. The van der Waals surface area contributed by atoms with Crippen LogP contribution in [0.3, 0.4) is 0 Å². The second-order valence-electron chi connectivity index (χ2n) is 3.88. The van der Waals surface area contributed by atoms with E-state index in [1.165, 1.54) is 32.1 Å². The molecule has 1 fully saturated rings. The van der Waals surface area contributed by atoms with Gasteiger partial charge >= 0.3 is 0 Å². The SMILES string of the molecule is CCC1CCCC(NCCN)C1. The lowest BCUT2D eigenvalue weighted by Gasteiger charge is -2.29. The molecule has 1 rings (SSSR count). The van der Waals surface area contributed by atoms with E-state index >= 15 is 0 Å². The van der Waals surface area contributed by atoms with E-state index < -0.39 is 0 Å². The van der Waals surface area contributed by atoms with Crippen LogP contribution in [0.2, 0.25) is 0 Å². The molecule has 2 heteroatoms. The van der Waals surface area contributed by atoms with E-state index in [0.717, 1.165) is 25.0 Å². The molecule has 0 aromatic rings. The fourth-order valence-corrected chi connectivity index (χ4v) is 2.13. The first kappa shape index (κ1) is 10.0. The molecule has 72 valence electrons. The summed E-state index contributed by atoms with van der Waals surface area (Å²) < 4.78 is 0. The maximum atomic E-state index is 5.45. The Morgan fingerprint density at radius 1 is 1.42 bits per heavy atom. The Morgan fingerprint density at radius 2 is 2.25 bits per heavy atom. The highest BCUT2D eigenvalue weighted by molar-refractivity contribution is 4.77. The van der Waals surface area contributed by atoms with Gasteiger partial charge in [-0.3, -0.25) is 0 Å². The van der Waals surface area contributed by atoms with Crippen molar-refractivity contribution in [1.82, 2.24) is 5.32 Å². The van der Waals surface area contributed by atoms with E-state index in [2.05, 4.69) is 12.2 Å². The minimum Gasteiger partial charge on any atom is -0.329 e. The molecule has 0 bridgehead atoms. The van der Waals surface area contributed by atoms with Crippen LogP contribution in [0.15, 0.2) is 0 Å². The first-order valence-corrected chi connectivity index (χ1v) is 5.30. The van der Waals surface area contributed by atoms with E-state index in [0.29, 0.717) is 0 Å². The number of hydrogen-bond acceptors (Lipinski definition) is 2. The Bertz CT molecular complexity index is 114. The van der Waals surface area contributed by atoms with E-state index in [-0.39, 0.29) is 0 Å². The van der Waals surface area contributed by atoms with Gasteiger partial charge in [0.05, 0.1) is 0 Å². The molecular weight excluding hydrogens is 148 g/mol. The summed E-state index contributed by atoms with van der Waals surface area (Å²) in [6.07, 6.45) is 6.92. The molecule has 1 aliphatic rings. The van der Waals surface area contributed by atoms with Crippen molar-refractivity contribution in [1.29, 1.82) is 0 Å². The maximum Gasteiger partial charge on any atom is 0.00770 e. The molecule has 0 spiro atoms. The molecule has 0 aromatic carbocycles. The van der Waals surface area contributed by atoms with Gasteiger partial charge < -0.3 is 11.1 Å². The highest BCUT2D eigenvalue weighted by Gasteiger charge is 2.19. The average Bonchev–Trinajstić information content (AvgIpc) is 2.15. The van der Waals surface area contributed by atoms with Crippen LogP contribution in [0.5, 0.6) is 0 Å². The normalized spacial score (nSPS) is 30.5. The van der Waals surface area contributed by atoms with Crippen LogP contribution in [-0.2, 0) is 0 Å². The Labute approximate surface area is 75.9 Å². The molecule has 1 aliphatic carbocycles. The fourth-order valence-electron chi connectivity index (χ4n) is 2.13. The van der Waals surface area contributed by atoms with Crippen molar-refractivity contribution >= 4 is 0 Å². The molecule has 0 aromatic heterocycles. The van der Waals surface area contributed by atoms with Gasteiger partial charge in [-0.1, -0.05) is 26.2 Å². The molecule has 12 heavy (non-hydrogen) atoms. The van der Waals surface area contributed by atoms with Gasteiger partial charge in [0.25, 0.3) is 0 Å². The van der Waals surface area contributed by atoms with Crippen LogP contribution in [0, 0.1) is 5.92 Å². The summed E-state index contributed by atoms with van der Waals surface area (Å²) in [4.78, 5) is 0. The Hall–Kier alpha value is -0.0800. The van der Waals surface area contributed by atoms with Crippen molar-refractivity contribution in [2.45, 2.75) is 45.1 Å². The van der Waals surface area contributed by atoms with Gasteiger partial charge in [0.2, 0.25) is 0 Å². The van der Waals surface area contributed by atoms with Gasteiger partial charge in [-0.05, 0) is 18.8 Å². The molecule has 2 unspecified atom stereocenters. The van der Waals surface area contributed by atoms with Crippen LogP contribution >= 0.6 is 0 Å². The predicted octanol–water partition coefficient (Wildman–Crippen LogP) is 1.50. The third kappa shape index (κ3) is 3.11. The zero-order chi connectivity index (χ0) is 8.81. The predicted molar refractivity (Wildman–Crippen MR) is 53.1 cm³/mol. The topological polar surface area (TPSA) is 38.0 Å². The highest BCUT2D eigenvalue weighted by Crippen LogP contribution is 2.26. The van der Waals surface area contributed by atoms with E-state index in [1.54, 1.807) is 0 Å². The number of hydrogen-bond donors (Lipinski definition) is 2. The summed E-state index contributed by atoms with van der Waals surface area (Å²) in [7, 11) is 0. The van der Waals surface area contributed by atoms with Crippen molar-refractivity contribution in [3.05, 3.63) is 0 Å². The van der Waals surface area contributed by atoms with Gasteiger partial charge in [0.15, 0.2) is 0 Å². The summed E-state index contributed by atoms with van der Waals surface area (Å²) >= 11 is 0. The highest BCUT2D eigenvalue weighted by atomic mass is 14.9. The molecule has 0 heterocycles. The quantitative estimate of drug-likeness (QED) is 0.671. The van der Waals surface area contributed by atoms with Crippen LogP contribution in [-0.4, -0.2) is 19.1 Å². The third-order valence-corrected chi connectivity index (χ3v) is 2.94. The van der Waals surface area contributed by atoms with Crippen LogP contribution in [0.1, 0.15) is 39.0 Å². The summed E-state index contributed by atoms with van der Waals surface area (Å²) in [5.41, 5.74) is 5.45. The molecule has 0 amide bonds. The van der Waals surface area contributed by atoms with Crippen molar-refractivity contribution in [2.24, 2.45) is 11.7 Å². The minimum atomic E-state index is 0.757. The largest absolute Gasteiger partial charge is 0.329 e. The lowest BCUT2D eigenvalue weighted by atomic mass is 9.84. The standard InChI is InChI=1S/C10H22N2/c1-2-9-4-3-5-10(8-9)12-7-6-11/h9-10,12H,2-8,11H2,1H3. The lowest BCUT2D eigenvalue weighted by molar-refractivity contribution is 0.281. The van der Waals surface area contributed by atoms with E-state index in [4.69, 9.17) is 5.73 Å². The van der Waals surface area contributed by atoms with Crippen molar-refractivity contribution in [3.8, 4) is 0 Å². The van der Waals surface area contributed by atoms with Gasteiger partial charge in [-0.15, -0.1) is 0 Å². The van der Waals surface area contributed by atoms with Crippen LogP contribution in [0.25, 0.3) is 0 Å². The van der Waals surface area contributed by atoms with Crippen molar-refractivity contribution in [3.63, 3.8) is 0 Å². The van der Waals surface area contributed by atoms with Crippen molar-refractivity contribution in [2.75, 3.05) is 13.1 Å². The minimum absolute atomic E-state index is 0.757. The zero-order valence-corrected chi connectivity index (χ0v) is 8.18. The monoisotopic (exact) mass is 170 g/mol. The smallest absolute Gasteiger partial charge is 0.00770 e. The van der Waals surface area contributed by atoms with Gasteiger partial charge in [0, 0.05) is 19.1 Å². The molecule has 0 aliphatic heterocycles. The summed E-state index contributed by atoms with van der Waals surface area (Å²) in [6, 6.07) is 0.757. The first-order valence-electron chi connectivity index (χ1n) is 5.30. The van der Waals surface area contributed by atoms with Gasteiger partial charge in [-0.2, -0.15) is 0 Å². The zero-order valence-electron chi connectivity index (χ0n) is 8.18. The Kier molecular flexibility index (Phi) is 4.62. The molecule has 3 N–H and O–H groups in total. The van der Waals surface area contributed by atoms with E-state index in [1.807, 2.05) is 0 Å². The molecule has 0 saturated heterocycles. The van der Waals surface area contributed by atoms with E-state index in [9.17, 15) is 0 Å². The number of rotatable bonds is 4. The average molecular weight is 170 g/mol. The molecular formula is C10H22N2. The summed E-state index contributed by atoms with van der Waals surface area (Å²) in [5.74, 6) is 0.967. The first-order chi connectivity index (χ1) is 5.86. The van der Waals surface area contributed by atoms with Crippen LogP contribution in [0.4, 0.5) is 0 Å². The molecule has 0 radical (unpaired) electrons. The lowest BCUT2D eigenvalue weighted by Crippen LogP contribution is -2.36. The number of nitrogens with two attached hydrogens (primary N) is 1. The second-order valence-corrected chi connectivity index (χ2v) is 3.88. The Morgan fingerprint density at radius 3 is 2.92 bits per heavy atom. The molecule has 1 saturated carbocycles. The molecule has 2 atom stereocenters. The van der Waals surface area contributed by atoms with Crippen LogP contribution < -0.4 is 11.1 Å². The van der Waals surface area contributed by atoms with Gasteiger partial charge in [0.1, 0.15) is 0 Å². The Balaban J connectivity index is 2.16. The summed E-state index contributed by atoms with van der Waals surface area (Å²) in [5, 5.41) is 3.51. The summed E-state index contributed by atoms with van der Waals surface area (Å²) in [6.45, 7) is 4.06. The van der Waals surface area contributed by atoms with Crippen molar-refractivity contribution < 1.29 is 0 Å². The van der Waals surface area contributed by atoms with Gasteiger partial charge in [-0.25, -0.2) is 0 Å².